The third kappa shape index (κ3) is 4.01. The summed E-state index contributed by atoms with van der Waals surface area (Å²) >= 11 is 0. The number of aliphatic carboxylic acids is 1. The van der Waals surface area contributed by atoms with Crippen molar-refractivity contribution in [3.05, 3.63) is 41.9 Å². The Hall–Kier alpha value is -2.63. The Bertz CT molecular complexity index is 724. The molecular weight excluding hydrogens is 308 g/mol. The van der Waals surface area contributed by atoms with Crippen LogP contribution in [-0.2, 0) is 16.0 Å². The molecule has 0 aliphatic heterocycles. The van der Waals surface area contributed by atoms with E-state index in [9.17, 15) is 14.7 Å². The van der Waals surface area contributed by atoms with Gasteiger partial charge in [-0.05, 0) is 20.3 Å². The third-order valence-corrected chi connectivity index (χ3v) is 4.04. The topological polar surface area (TPSA) is 92.4 Å². The number of rotatable bonds is 7. The summed E-state index contributed by atoms with van der Waals surface area (Å²) in [5.41, 5.74) is 0.446. The molecule has 2 N–H and O–H groups in total. The SMILES string of the molecule is CCC(C)(NC(=O)CCc1nc(C)c(-c2ccccc2)o1)C(=O)O. The van der Waals surface area contributed by atoms with Gasteiger partial charge in [0.1, 0.15) is 5.54 Å². The fourth-order valence-electron chi connectivity index (χ4n) is 2.30. The predicted octanol–water partition coefficient (Wildman–Crippen LogP) is 2.95. The molecule has 0 saturated carbocycles. The highest BCUT2D eigenvalue weighted by molar-refractivity contribution is 5.86. The molecule has 1 unspecified atom stereocenters. The van der Waals surface area contributed by atoms with Crippen LogP contribution in [0, 0.1) is 6.92 Å². The highest BCUT2D eigenvalue weighted by Gasteiger charge is 2.32. The van der Waals surface area contributed by atoms with Crippen molar-refractivity contribution in [3.63, 3.8) is 0 Å². The first-order valence-electron chi connectivity index (χ1n) is 7.92. The minimum absolute atomic E-state index is 0.122. The monoisotopic (exact) mass is 330 g/mol. The van der Waals surface area contributed by atoms with Crippen molar-refractivity contribution in [1.29, 1.82) is 0 Å². The van der Waals surface area contributed by atoms with Crippen LogP contribution in [0.3, 0.4) is 0 Å². The smallest absolute Gasteiger partial charge is 0.329 e. The Labute approximate surface area is 140 Å². The number of hydrogen-bond donors (Lipinski definition) is 2. The lowest BCUT2D eigenvalue weighted by Gasteiger charge is -2.24. The number of nitrogens with one attached hydrogen (secondary N) is 1. The molecule has 0 radical (unpaired) electrons. The molecule has 128 valence electrons. The molecule has 0 fully saturated rings. The number of carbonyl (C=O) groups excluding carboxylic acids is 1. The van der Waals surface area contributed by atoms with E-state index in [4.69, 9.17) is 4.42 Å². The lowest BCUT2D eigenvalue weighted by molar-refractivity contribution is -0.147. The van der Waals surface area contributed by atoms with Crippen LogP contribution in [0.4, 0.5) is 0 Å². The third-order valence-electron chi connectivity index (χ3n) is 4.04. The molecule has 1 aromatic heterocycles. The minimum Gasteiger partial charge on any atom is -0.480 e. The molecule has 1 atom stereocenters. The first-order valence-corrected chi connectivity index (χ1v) is 7.92. The summed E-state index contributed by atoms with van der Waals surface area (Å²) in [6.45, 7) is 5.07. The van der Waals surface area contributed by atoms with E-state index < -0.39 is 11.5 Å². The Morgan fingerprint density at radius 1 is 1.29 bits per heavy atom. The van der Waals surface area contributed by atoms with E-state index in [1.807, 2.05) is 37.3 Å². The van der Waals surface area contributed by atoms with Gasteiger partial charge in [0.05, 0.1) is 5.69 Å². The number of oxazole rings is 1. The van der Waals surface area contributed by atoms with Gasteiger partial charge in [-0.25, -0.2) is 9.78 Å². The zero-order valence-corrected chi connectivity index (χ0v) is 14.1. The number of nitrogens with zero attached hydrogens (tertiary/aromatic N) is 1. The van der Waals surface area contributed by atoms with E-state index in [1.165, 1.54) is 6.92 Å². The van der Waals surface area contributed by atoms with Gasteiger partial charge in [-0.3, -0.25) is 4.79 Å². The van der Waals surface area contributed by atoms with Crippen molar-refractivity contribution in [2.45, 2.75) is 45.6 Å². The molecule has 6 heteroatoms. The lowest BCUT2D eigenvalue weighted by atomic mass is 9.99. The van der Waals surface area contributed by atoms with Crippen molar-refractivity contribution >= 4 is 11.9 Å². The Morgan fingerprint density at radius 3 is 2.54 bits per heavy atom. The molecule has 0 aliphatic rings. The van der Waals surface area contributed by atoms with E-state index in [0.717, 1.165) is 11.3 Å². The molecule has 2 aromatic rings. The maximum absolute atomic E-state index is 12.0. The largest absolute Gasteiger partial charge is 0.480 e. The molecule has 1 heterocycles. The molecular formula is C18H22N2O4. The van der Waals surface area contributed by atoms with Gasteiger partial charge in [-0.2, -0.15) is 0 Å². The van der Waals surface area contributed by atoms with Gasteiger partial charge < -0.3 is 14.8 Å². The average molecular weight is 330 g/mol. The summed E-state index contributed by atoms with van der Waals surface area (Å²) < 4.78 is 5.75. The molecule has 0 spiro atoms. The zero-order chi connectivity index (χ0) is 17.7. The molecule has 0 aliphatic carbocycles. The number of carboxylic acids is 1. The molecule has 2 rings (SSSR count). The quantitative estimate of drug-likeness (QED) is 0.814. The van der Waals surface area contributed by atoms with Crippen LogP contribution in [-0.4, -0.2) is 27.5 Å². The second-order valence-electron chi connectivity index (χ2n) is 5.93. The molecule has 0 bridgehead atoms. The van der Waals surface area contributed by atoms with E-state index in [1.54, 1.807) is 6.92 Å². The number of aryl methyl sites for hydroxylation is 2. The van der Waals surface area contributed by atoms with Crippen LogP contribution in [0.2, 0.25) is 0 Å². The molecule has 0 saturated heterocycles. The second-order valence-corrected chi connectivity index (χ2v) is 5.93. The second kappa shape index (κ2) is 7.29. The highest BCUT2D eigenvalue weighted by atomic mass is 16.4. The van der Waals surface area contributed by atoms with Crippen LogP contribution in [0.15, 0.2) is 34.7 Å². The fourth-order valence-corrected chi connectivity index (χ4v) is 2.30. The van der Waals surface area contributed by atoms with Gasteiger partial charge in [-0.15, -0.1) is 0 Å². The summed E-state index contributed by atoms with van der Waals surface area (Å²) in [6, 6.07) is 9.63. The summed E-state index contributed by atoms with van der Waals surface area (Å²) in [6.07, 6.45) is 0.750. The lowest BCUT2D eigenvalue weighted by Crippen LogP contribution is -2.51. The van der Waals surface area contributed by atoms with Crippen LogP contribution < -0.4 is 5.32 Å². The highest BCUT2D eigenvalue weighted by Crippen LogP contribution is 2.24. The maximum Gasteiger partial charge on any atom is 0.329 e. The van der Waals surface area contributed by atoms with Gasteiger partial charge in [0, 0.05) is 18.4 Å². The molecule has 6 nitrogen and oxygen atoms in total. The van der Waals surface area contributed by atoms with E-state index in [-0.39, 0.29) is 12.3 Å². The van der Waals surface area contributed by atoms with Crippen molar-refractivity contribution in [1.82, 2.24) is 10.3 Å². The van der Waals surface area contributed by atoms with Crippen molar-refractivity contribution in [3.8, 4) is 11.3 Å². The Kier molecular flexibility index (Phi) is 5.39. The zero-order valence-electron chi connectivity index (χ0n) is 14.1. The van der Waals surface area contributed by atoms with Crippen molar-refractivity contribution in [2.24, 2.45) is 0 Å². The minimum atomic E-state index is -1.25. The Morgan fingerprint density at radius 2 is 1.96 bits per heavy atom. The number of carbonyl (C=O) groups is 2. The normalized spacial score (nSPS) is 13.3. The molecule has 24 heavy (non-hydrogen) atoms. The summed E-state index contributed by atoms with van der Waals surface area (Å²) in [5.74, 6) is -0.222. The van der Waals surface area contributed by atoms with E-state index >= 15 is 0 Å². The first kappa shape index (κ1) is 17.7. The van der Waals surface area contributed by atoms with Crippen LogP contribution in [0.5, 0.6) is 0 Å². The summed E-state index contributed by atoms with van der Waals surface area (Å²) in [4.78, 5) is 27.6. The number of aromatic nitrogens is 1. The first-order chi connectivity index (χ1) is 11.4. The standard InChI is InChI=1S/C18H22N2O4/c1-4-18(3,17(22)23)20-14(21)10-11-15-19-12(2)16(24-15)13-8-6-5-7-9-13/h5-9H,4,10-11H2,1-3H3,(H,20,21)(H,22,23). The van der Waals surface area contributed by atoms with Gasteiger partial charge in [0.25, 0.3) is 0 Å². The molecule has 1 amide bonds. The van der Waals surface area contributed by atoms with Gasteiger partial charge in [0.15, 0.2) is 11.7 Å². The maximum atomic E-state index is 12.0. The Balaban J connectivity index is 2.00. The van der Waals surface area contributed by atoms with Crippen molar-refractivity contribution < 1.29 is 19.1 Å². The van der Waals surface area contributed by atoms with Crippen LogP contribution >= 0.6 is 0 Å². The van der Waals surface area contributed by atoms with Gasteiger partial charge >= 0.3 is 5.97 Å². The summed E-state index contributed by atoms with van der Waals surface area (Å²) in [7, 11) is 0. The molecule has 1 aromatic carbocycles. The number of amides is 1. The van der Waals surface area contributed by atoms with E-state index in [0.29, 0.717) is 24.5 Å². The predicted molar refractivity (Wildman–Crippen MR) is 89.5 cm³/mol. The van der Waals surface area contributed by atoms with Gasteiger partial charge in [0.2, 0.25) is 5.91 Å². The van der Waals surface area contributed by atoms with E-state index in [2.05, 4.69) is 10.3 Å². The number of hydrogen-bond acceptors (Lipinski definition) is 4. The number of benzene rings is 1. The fraction of sp³-hybridized carbons (Fsp3) is 0.389. The van der Waals surface area contributed by atoms with Crippen LogP contribution in [0.25, 0.3) is 11.3 Å². The van der Waals surface area contributed by atoms with Crippen LogP contribution in [0.1, 0.15) is 38.3 Å². The van der Waals surface area contributed by atoms with Crippen molar-refractivity contribution in [2.75, 3.05) is 0 Å². The number of carboxylic acid groups (broad SMARTS) is 1. The summed E-state index contributed by atoms with van der Waals surface area (Å²) in [5, 5.41) is 11.7. The average Bonchev–Trinajstić information content (AvgIpc) is 2.94. The van der Waals surface area contributed by atoms with Gasteiger partial charge in [-0.1, -0.05) is 37.3 Å².